The zero-order chi connectivity index (χ0) is 43.1. The highest BCUT2D eigenvalue weighted by atomic mass is 32.1. The van der Waals surface area contributed by atoms with Crippen molar-refractivity contribution in [3.63, 3.8) is 0 Å². The summed E-state index contributed by atoms with van der Waals surface area (Å²) in [6.07, 6.45) is 31.5. The van der Waals surface area contributed by atoms with Crippen molar-refractivity contribution in [1.29, 1.82) is 0 Å². The zero-order valence-corrected chi connectivity index (χ0v) is 39.9. The fourth-order valence-corrected chi connectivity index (χ4v) is 14.5. The summed E-state index contributed by atoms with van der Waals surface area (Å²) < 4.78 is 2.81. The molecular weight excluding hydrogens is 768 g/mol. The second-order valence-corrected chi connectivity index (χ2v) is 23.0. The molecule has 62 heavy (non-hydrogen) atoms. The van der Waals surface area contributed by atoms with Crippen LogP contribution in [0.15, 0.2) is 109 Å². The summed E-state index contributed by atoms with van der Waals surface area (Å²) in [6, 6.07) is 20.9. The molecular formula is C58H65BN2S. The average Bonchev–Trinajstić information content (AvgIpc) is 3.70. The third kappa shape index (κ3) is 5.41. The number of thiophene rings is 1. The molecule has 0 amide bonds. The van der Waals surface area contributed by atoms with Crippen LogP contribution in [0.2, 0.25) is 0 Å². The first-order chi connectivity index (χ1) is 29.6. The van der Waals surface area contributed by atoms with Crippen molar-refractivity contribution < 1.29 is 0 Å². The van der Waals surface area contributed by atoms with Gasteiger partial charge in [-0.15, -0.1) is 11.3 Å². The summed E-state index contributed by atoms with van der Waals surface area (Å²) in [4.78, 5) is 5.80. The van der Waals surface area contributed by atoms with Gasteiger partial charge in [0.2, 0.25) is 0 Å². The van der Waals surface area contributed by atoms with E-state index in [0.717, 1.165) is 6.42 Å². The van der Waals surface area contributed by atoms with Crippen LogP contribution in [0.4, 0.5) is 17.1 Å². The number of fused-ring (bicyclic) bond motifs is 11. The molecule has 1 aromatic heterocycles. The predicted octanol–water partition coefficient (Wildman–Crippen LogP) is 14.6. The van der Waals surface area contributed by atoms with E-state index in [9.17, 15) is 0 Å². The highest BCUT2D eigenvalue weighted by molar-refractivity contribution is 7.25. The lowest BCUT2D eigenvalue weighted by molar-refractivity contribution is 0.195. The van der Waals surface area contributed by atoms with Crippen molar-refractivity contribution in [3.8, 4) is 11.1 Å². The molecule has 0 radical (unpaired) electrons. The number of allylic oxidation sites excluding steroid dienone is 7. The number of anilines is 3. The Kier molecular flexibility index (Phi) is 8.92. The highest BCUT2D eigenvalue weighted by Crippen LogP contribution is 2.63. The number of nitrogens with zero attached hydrogens (tertiary/aromatic N) is 2. The van der Waals surface area contributed by atoms with Crippen LogP contribution < -0.4 is 20.6 Å². The first-order valence-corrected chi connectivity index (χ1v) is 24.8. The second kappa shape index (κ2) is 13.7. The van der Waals surface area contributed by atoms with E-state index >= 15 is 0 Å². The molecule has 6 aliphatic rings. The molecule has 5 aromatic rings. The van der Waals surface area contributed by atoms with E-state index in [1.807, 2.05) is 11.3 Å². The topological polar surface area (TPSA) is 6.48 Å². The molecule has 3 unspecified atom stereocenters. The van der Waals surface area contributed by atoms with E-state index in [0.29, 0.717) is 0 Å². The average molecular weight is 833 g/mol. The van der Waals surface area contributed by atoms with Crippen molar-refractivity contribution in [3.05, 3.63) is 137 Å². The van der Waals surface area contributed by atoms with Gasteiger partial charge >= 0.3 is 6.85 Å². The van der Waals surface area contributed by atoms with Gasteiger partial charge in [0, 0.05) is 48.2 Å². The standard InChI is InChI=1S/C58H65BN2S/c1-11-13-15-16-22-39-23-17-18-25-57(39,9)61-48-36-51-41(42-34-44-45(35-50(42)62-51)55(6,7)28-27-54(44,4)5)33-40(48)43-29-37(3)30-49-52(43)59(61)47-32-38(21-14-12-2)31-46-53(47)60(49)58(10)26-20-19-24-56(46,58)8/h11,13,15-18,22-23,25,29-36H,12,14,19-21,24,26-28H2,1-10H3/b13-11-,16-15-,39-22+. The van der Waals surface area contributed by atoms with E-state index in [1.54, 1.807) is 16.7 Å². The summed E-state index contributed by atoms with van der Waals surface area (Å²) in [5, 5.41) is 2.83. The first-order valence-electron chi connectivity index (χ1n) is 24.0. The van der Waals surface area contributed by atoms with E-state index in [2.05, 4.69) is 182 Å². The van der Waals surface area contributed by atoms with Crippen LogP contribution in [-0.4, -0.2) is 17.9 Å². The monoisotopic (exact) mass is 832 g/mol. The van der Waals surface area contributed by atoms with Gasteiger partial charge < -0.3 is 9.71 Å². The second-order valence-electron chi connectivity index (χ2n) is 21.9. The molecule has 3 aliphatic carbocycles. The molecule has 0 spiro atoms. The molecule has 3 atom stereocenters. The normalized spacial score (nSPS) is 26.8. The van der Waals surface area contributed by atoms with E-state index in [1.165, 1.54) is 127 Å². The fraction of sp³-hybridized carbons (Fsp3) is 0.414. The Bertz CT molecular complexity index is 2900. The van der Waals surface area contributed by atoms with Crippen molar-refractivity contribution in [1.82, 2.24) is 0 Å². The highest BCUT2D eigenvalue weighted by Gasteiger charge is 2.62. The summed E-state index contributed by atoms with van der Waals surface area (Å²) in [5.74, 6) is 0. The number of unbranched alkanes of at least 4 members (excludes halogenated alkanes) is 1. The Morgan fingerprint density at radius 3 is 2.24 bits per heavy atom. The minimum absolute atomic E-state index is 0.00340. The van der Waals surface area contributed by atoms with Gasteiger partial charge in [-0.25, -0.2) is 0 Å². The third-order valence-corrected chi connectivity index (χ3v) is 18.3. The molecule has 2 nitrogen and oxygen atoms in total. The molecule has 1 saturated carbocycles. The summed E-state index contributed by atoms with van der Waals surface area (Å²) in [7, 11) is 0. The van der Waals surface area contributed by atoms with Crippen LogP contribution in [0, 0.1) is 6.92 Å². The Balaban J connectivity index is 1.26. The van der Waals surface area contributed by atoms with Crippen molar-refractivity contribution >= 4 is 66.3 Å². The molecule has 4 aromatic carbocycles. The Hall–Kier alpha value is -4.54. The van der Waals surface area contributed by atoms with Gasteiger partial charge in [0.1, 0.15) is 0 Å². The predicted molar refractivity (Wildman–Crippen MR) is 272 cm³/mol. The number of hydrogen-bond donors (Lipinski definition) is 0. The molecule has 11 rings (SSSR count). The third-order valence-electron chi connectivity index (χ3n) is 17.2. The minimum atomic E-state index is -0.431. The van der Waals surface area contributed by atoms with Crippen molar-refractivity contribution in [2.45, 2.75) is 154 Å². The molecule has 0 saturated heterocycles. The van der Waals surface area contributed by atoms with Gasteiger partial charge in [0.05, 0.1) is 11.1 Å². The minimum Gasteiger partial charge on any atom is -0.394 e. The number of aryl methyl sites for hydroxylation is 2. The maximum atomic E-state index is 2.91. The molecule has 0 bridgehead atoms. The largest absolute Gasteiger partial charge is 0.394 e. The lowest BCUT2D eigenvalue weighted by Crippen LogP contribution is -2.70. The lowest BCUT2D eigenvalue weighted by Gasteiger charge is -2.55. The van der Waals surface area contributed by atoms with E-state index in [-0.39, 0.29) is 28.6 Å². The smallest absolute Gasteiger partial charge is 0.329 e. The number of rotatable bonds is 6. The molecule has 3 aliphatic heterocycles. The fourth-order valence-electron chi connectivity index (χ4n) is 13.3. The van der Waals surface area contributed by atoms with Crippen LogP contribution >= 0.6 is 11.3 Å². The van der Waals surface area contributed by atoms with Gasteiger partial charge in [-0.05, 0) is 157 Å². The van der Waals surface area contributed by atoms with Crippen LogP contribution in [0.3, 0.4) is 0 Å². The summed E-state index contributed by atoms with van der Waals surface area (Å²) >= 11 is 2.01. The van der Waals surface area contributed by atoms with Gasteiger partial charge in [-0.2, -0.15) is 0 Å². The lowest BCUT2D eigenvalue weighted by atomic mass is 9.42. The van der Waals surface area contributed by atoms with Crippen LogP contribution in [0.25, 0.3) is 31.3 Å². The van der Waals surface area contributed by atoms with E-state index in [4.69, 9.17) is 0 Å². The SMILES string of the molecule is C\C=C/C=C\C=C1/C=CC=CC1(C)N1B2c3cc(CCCC)cc4c3N(c3cc(C)cc(c32)-c2cc3c(cc21)sc1cc2c(cc13)C(C)(C)CCC2(C)C)C1(C)CCCCC41C. The van der Waals surface area contributed by atoms with Gasteiger partial charge in [-0.1, -0.05) is 134 Å². The summed E-state index contributed by atoms with van der Waals surface area (Å²) in [5.41, 5.74) is 18.9. The quantitative estimate of drug-likeness (QED) is 0.124. The van der Waals surface area contributed by atoms with Gasteiger partial charge in [0.15, 0.2) is 0 Å². The van der Waals surface area contributed by atoms with Gasteiger partial charge in [0.25, 0.3) is 0 Å². The molecule has 4 heteroatoms. The van der Waals surface area contributed by atoms with Crippen LogP contribution in [0.1, 0.15) is 141 Å². The Morgan fingerprint density at radius 2 is 1.47 bits per heavy atom. The molecule has 1 fully saturated rings. The summed E-state index contributed by atoms with van der Waals surface area (Å²) in [6.45, 7) is 24.5. The molecule has 4 heterocycles. The number of benzene rings is 4. The van der Waals surface area contributed by atoms with Crippen molar-refractivity contribution in [2.24, 2.45) is 0 Å². The first kappa shape index (κ1) is 40.3. The van der Waals surface area contributed by atoms with Crippen LogP contribution in [-0.2, 0) is 22.7 Å². The Labute approximate surface area is 376 Å². The molecule has 0 N–H and O–H groups in total. The van der Waals surface area contributed by atoms with Gasteiger partial charge in [-0.3, -0.25) is 0 Å². The van der Waals surface area contributed by atoms with E-state index < -0.39 is 5.54 Å². The van der Waals surface area contributed by atoms with Crippen molar-refractivity contribution in [2.75, 3.05) is 9.71 Å². The number of hydrogen-bond acceptors (Lipinski definition) is 3. The maximum absolute atomic E-state index is 2.91. The maximum Gasteiger partial charge on any atom is 0.329 e. The molecule has 316 valence electrons. The van der Waals surface area contributed by atoms with Crippen LogP contribution in [0.5, 0.6) is 0 Å². The zero-order valence-electron chi connectivity index (χ0n) is 39.1. The Morgan fingerprint density at radius 1 is 0.726 bits per heavy atom.